The topological polar surface area (TPSA) is 79.6 Å². The molecule has 0 amide bonds. The van der Waals surface area contributed by atoms with Gasteiger partial charge in [-0.1, -0.05) is 30.3 Å². The summed E-state index contributed by atoms with van der Waals surface area (Å²) in [5, 5.41) is 18.7. The van der Waals surface area contributed by atoms with Crippen molar-refractivity contribution < 1.29 is 9.52 Å². The summed E-state index contributed by atoms with van der Waals surface area (Å²) in [6, 6.07) is 16.0. The lowest BCUT2D eigenvalue weighted by Crippen LogP contribution is -2.03. The summed E-state index contributed by atoms with van der Waals surface area (Å²) in [5.41, 5.74) is 2.52. The molecule has 0 aliphatic heterocycles. The number of rotatable bonds is 2. The van der Waals surface area contributed by atoms with Crippen LogP contribution < -0.4 is 5.63 Å². The van der Waals surface area contributed by atoms with Crippen LogP contribution in [0.2, 0.25) is 0 Å². The van der Waals surface area contributed by atoms with Crippen molar-refractivity contribution in [2.75, 3.05) is 0 Å². The maximum absolute atomic E-state index is 12.1. The Bertz CT molecular complexity index is 1160. The highest BCUT2D eigenvalue weighted by molar-refractivity contribution is 5.80. The van der Waals surface area contributed by atoms with Crippen molar-refractivity contribution in [1.82, 2.24) is 4.40 Å². The van der Waals surface area contributed by atoms with Crippen molar-refractivity contribution in [3.63, 3.8) is 0 Å². The first-order valence-electron chi connectivity index (χ1n) is 7.39. The Morgan fingerprint density at radius 3 is 2.50 bits per heavy atom. The number of hydrogen-bond donors (Lipinski definition) is 1. The van der Waals surface area contributed by atoms with Crippen LogP contribution in [0.4, 0.5) is 11.4 Å². The molecule has 0 spiro atoms. The van der Waals surface area contributed by atoms with Gasteiger partial charge in [-0.3, -0.25) is 4.40 Å². The maximum atomic E-state index is 12.1. The van der Waals surface area contributed by atoms with Crippen molar-refractivity contribution in [3.8, 4) is 5.88 Å². The molecule has 0 bridgehead atoms. The van der Waals surface area contributed by atoms with E-state index in [0.29, 0.717) is 16.8 Å². The summed E-state index contributed by atoms with van der Waals surface area (Å²) < 4.78 is 6.69. The van der Waals surface area contributed by atoms with Gasteiger partial charge in [-0.2, -0.15) is 5.11 Å². The molecule has 4 rings (SSSR count). The van der Waals surface area contributed by atoms with Crippen molar-refractivity contribution in [2.45, 2.75) is 6.92 Å². The molecule has 0 aliphatic rings. The smallest absolute Gasteiger partial charge is 0.360 e. The fourth-order valence-electron chi connectivity index (χ4n) is 2.62. The van der Waals surface area contributed by atoms with Gasteiger partial charge in [0.15, 0.2) is 5.58 Å². The zero-order valence-corrected chi connectivity index (χ0v) is 12.8. The van der Waals surface area contributed by atoms with E-state index in [-0.39, 0.29) is 17.1 Å². The number of aryl methyl sites for hydroxylation is 1. The second-order valence-electron chi connectivity index (χ2n) is 5.42. The van der Waals surface area contributed by atoms with E-state index in [1.165, 1.54) is 10.5 Å². The molecule has 0 saturated carbocycles. The summed E-state index contributed by atoms with van der Waals surface area (Å²) in [6.45, 7) is 1.92. The summed E-state index contributed by atoms with van der Waals surface area (Å²) in [7, 11) is 0. The molecule has 4 aromatic rings. The maximum Gasteiger partial charge on any atom is 0.360 e. The van der Waals surface area contributed by atoms with E-state index in [0.717, 1.165) is 5.56 Å². The number of aromatic nitrogens is 1. The van der Waals surface area contributed by atoms with Gasteiger partial charge < -0.3 is 9.52 Å². The monoisotopic (exact) mass is 319 g/mol. The van der Waals surface area contributed by atoms with E-state index < -0.39 is 5.63 Å². The van der Waals surface area contributed by atoms with E-state index >= 15 is 0 Å². The van der Waals surface area contributed by atoms with Gasteiger partial charge in [0.1, 0.15) is 11.2 Å². The van der Waals surface area contributed by atoms with Gasteiger partial charge in [-0.05, 0) is 30.7 Å². The number of hydrogen-bond acceptors (Lipinski definition) is 5. The van der Waals surface area contributed by atoms with E-state index in [2.05, 4.69) is 10.2 Å². The average Bonchev–Trinajstić information content (AvgIpc) is 2.92. The molecule has 1 N–H and O–H groups in total. The van der Waals surface area contributed by atoms with Crippen molar-refractivity contribution in [1.29, 1.82) is 0 Å². The summed E-state index contributed by atoms with van der Waals surface area (Å²) >= 11 is 0. The molecular formula is C18H13N3O3. The lowest BCUT2D eigenvalue weighted by atomic mass is 10.2. The van der Waals surface area contributed by atoms with E-state index in [9.17, 15) is 9.90 Å². The molecule has 0 aliphatic carbocycles. The number of azo groups is 1. The zero-order chi connectivity index (χ0) is 16.7. The highest BCUT2D eigenvalue weighted by atomic mass is 16.4. The predicted octanol–water partition coefficient (Wildman–Crippen LogP) is 4.48. The highest BCUT2D eigenvalue weighted by Crippen LogP contribution is 2.33. The molecule has 0 radical (unpaired) electrons. The van der Waals surface area contributed by atoms with Crippen LogP contribution in [-0.2, 0) is 0 Å². The molecule has 2 heterocycles. The molecule has 0 fully saturated rings. The zero-order valence-electron chi connectivity index (χ0n) is 12.8. The Labute approximate surface area is 136 Å². The molecule has 0 atom stereocenters. The number of fused-ring (bicyclic) bond motifs is 3. The highest BCUT2D eigenvalue weighted by Gasteiger charge is 2.15. The third-order valence-corrected chi connectivity index (χ3v) is 3.85. The van der Waals surface area contributed by atoms with Gasteiger partial charge in [0.2, 0.25) is 5.88 Å². The second kappa shape index (κ2) is 5.34. The van der Waals surface area contributed by atoms with Crippen molar-refractivity contribution in [2.24, 2.45) is 10.2 Å². The van der Waals surface area contributed by atoms with Crippen LogP contribution in [0.25, 0.3) is 16.6 Å². The summed E-state index contributed by atoms with van der Waals surface area (Å²) in [6.07, 6.45) is 0. The molecule has 2 aromatic heterocycles. The number of para-hydroxylation sites is 2. The van der Waals surface area contributed by atoms with Gasteiger partial charge in [0.05, 0.1) is 11.2 Å². The van der Waals surface area contributed by atoms with Crippen LogP contribution in [0.1, 0.15) is 5.56 Å². The third kappa shape index (κ3) is 2.16. The Hall–Kier alpha value is -3.41. The van der Waals surface area contributed by atoms with Crippen LogP contribution in [0, 0.1) is 6.92 Å². The van der Waals surface area contributed by atoms with Crippen LogP contribution in [0.3, 0.4) is 0 Å². The summed E-state index contributed by atoms with van der Waals surface area (Å²) in [4.78, 5) is 12.1. The van der Waals surface area contributed by atoms with Crippen molar-refractivity contribution >= 4 is 28.0 Å². The van der Waals surface area contributed by atoms with Crippen LogP contribution >= 0.6 is 0 Å². The number of benzene rings is 2. The standard InChI is InChI=1S/C18H13N3O3/c1-11-6-2-3-7-12(11)19-20-13-10-15-18(23)24-16-9-5-4-8-14(16)21(15)17(13)22/h2-10,22H,1H3. The Morgan fingerprint density at radius 2 is 1.67 bits per heavy atom. The molecule has 2 aromatic carbocycles. The molecule has 0 unspecified atom stereocenters. The second-order valence-corrected chi connectivity index (χ2v) is 5.42. The fourth-order valence-corrected chi connectivity index (χ4v) is 2.62. The number of aromatic hydroxyl groups is 1. The minimum absolute atomic E-state index is 0.147. The summed E-state index contributed by atoms with van der Waals surface area (Å²) in [5.74, 6) is -0.147. The largest absolute Gasteiger partial charge is 0.493 e. The first-order valence-corrected chi connectivity index (χ1v) is 7.39. The SMILES string of the molecule is Cc1ccccc1N=Nc1cc2c(=O)oc3ccccc3n2c1O. The fraction of sp³-hybridized carbons (Fsp3) is 0.0556. The van der Waals surface area contributed by atoms with Crippen LogP contribution in [-0.4, -0.2) is 9.51 Å². The molecule has 0 saturated heterocycles. The minimum Gasteiger partial charge on any atom is -0.493 e. The van der Waals surface area contributed by atoms with E-state index in [4.69, 9.17) is 4.42 Å². The average molecular weight is 319 g/mol. The lowest BCUT2D eigenvalue weighted by Gasteiger charge is -2.01. The van der Waals surface area contributed by atoms with Crippen LogP contribution in [0.5, 0.6) is 5.88 Å². The Morgan fingerprint density at radius 1 is 0.958 bits per heavy atom. The van der Waals surface area contributed by atoms with Gasteiger partial charge in [0, 0.05) is 6.07 Å². The third-order valence-electron chi connectivity index (χ3n) is 3.85. The molecule has 6 heteroatoms. The molecule has 24 heavy (non-hydrogen) atoms. The lowest BCUT2D eigenvalue weighted by molar-refractivity contribution is 0.450. The molecule has 6 nitrogen and oxygen atoms in total. The predicted molar refractivity (Wildman–Crippen MR) is 90.5 cm³/mol. The molecule has 118 valence electrons. The van der Waals surface area contributed by atoms with Crippen LogP contribution in [0.15, 0.2) is 74.0 Å². The quantitative estimate of drug-likeness (QED) is 0.553. The number of nitrogens with zero attached hydrogens (tertiary/aromatic N) is 3. The normalized spacial score (nSPS) is 11.7. The van der Waals surface area contributed by atoms with Gasteiger partial charge in [0.25, 0.3) is 0 Å². The van der Waals surface area contributed by atoms with Crippen molar-refractivity contribution in [3.05, 3.63) is 70.6 Å². The Kier molecular flexibility index (Phi) is 3.16. The van der Waals surface area contributed by atoms with E-state index in [1.807, 2.05) is 31.2 Å². The van der Waals surface area contributed by atoms with Gasteiger partial charge in [-0.15, -0.1) is 5.11 Å². The van der Waals surface area contributed by atoms with Gasteiger partial charge in [-0.25, -0.2) is 4.79 Å². The van der Waals surface area contributed by atoms with E-state index in [1.54, 1.807) is 24.3 Å². The first-order chi connectivity index (χ1) is 11.6. The first kappa shape index (κ1) is 14.2. The Balaban J connectivity index is 1.93. The van der Waals surface area contributed by atoms with Gasteiger partial charge >= 0.3 is 5.63 Å². The minimum atomic E-state index is -0.540. The molecular weight excluding hydrogens is 306 g/mol.